The monoisotopic (exact) mass is 444 g/mol. The number of halogens is 8. The summed E-state index contributed by atoms with van der Waals surface area (Å²) in [7, 11) is 0.972. The molecule has 0 spiro atoms. The van der Waals surface area contributed by atoms with Crippen molar-refractivity contribution in [3.05, 3.63) is 81.9 Å². The average Bonchev–Trinajstić information content (AvgIpc) is 2.69. The lowest BCUT2D eigenvalue weighted by Crippen LogP contribution is -2.58. The van der Waals surface area contributed by atoms with Gasteiger partial charge in [0.15, 0.2) is 0 Å². The minimum absolute atomic E-state index is 0.265. The summed E-state index contributed by atoms with van der Waals surface area (Å²) in [6.45, 7) is -0.369. The third-order valence-corrected chi connectivity index (χ3v) is 5.01. The molecule has 0 fully saturated rings. The highest BCUT2D eigenvalue weighted by Crippen LogP contribution is 2.21. The highest BCUT2D eigenvalue weighted by atomic mass is 19.2. The molecule has 0 radical (unpaired) electrons. The van der Waals surface area contributed by atoms with Gasteiger partial charge in [-0.25, -0.2) is 35.1 Å². The summed E-state index contributed by atoms with van der Waals surface area (Å²) in [5, 5.41) is 0. The largest absolute Gasteiger partial charge is 0.497 e. The quantitative estimate of drug-likeness (QED) is 0.438. The van der Waals surface area contributed by atoms with E-state index in [9.17, 15) is 35.1 Å². The maximum atomic E-state index is 15.0. The van der Waals surface area contributed by atoms with Crippen LogP contribution in [-0.2, 0) is 0 Å². The third kappa shape index (κ3) is 3.75. The van der Waals surface area contributed by atoms with Crippen molar-refractivity contribution in [1.82, 2.24) is 0 Å². The normalized spacial score (nSPS) is 11.1. The van der Waals surface area contributed by atoms with Crippen molar-refractivity contribution in [3.8, 4) is 5.75 Å². The molecule has 0 N–H and O–H groups in total. The zero-order chi connectivity index (χ0) is 23.2. The second-order valence-electron chi connectivity index (χ2n) is 6.82. The number of hydrogen-bond donors (Lipinski definition) is 0. The lowest BCUT2D eigenvalue weighted by Gasteiger charge is -2.22. The molecule has 0 aliphatic carbocycles. The number of benzene rings is 3. The van der Waals surface area contributed by atoms with Crippen molar-refractivity contribution in [1.29, 1.82) is 0 Å². The molecule has 0 amide bonds. The van der Waals surface area contributed by atoms with E-state index < -0.39 is 86.5 Å². The highest BCUT2D eigenvalue weighted by molar-refractivity contribution is 6.96. The Kier molecular flexibility index (Phi) is 6.02. The number of rotatable bonds is 4. The standard InChI is InChI=1S/C21H13BF8O/c1-8-11(24)6-14(27)18(20(8)29)22(17-13(26)4-10(23)5-16(17)31-3)19-15(28)7-12(25)9(2)21(19)30/h4-7H,1-3H3. The number of methoxy groups -OCH3 is 1. The van der Waals surface area contributed by atoms with Crippen molar-refractivity contribution in [2.24, 2.45) is 0 Å². The molecule has 0 saturated carbocycles. The van der Waals surface area contributed by atoms with Gasteiger partial charge in [-0.2, -0.15) is 0 Å². The van der Waals surface area contributed by atoms with Crippen LogP contribution in [0.4, 0.5) is 35.1 Å². The second-order valence-corrected chi connectivity index (χ2v) is 6.82. The Hall–Kier alpha value is -3.04. The van der Waals surface area contributed by atoms with Crippen LogP contribution in [0, 0.1) is 60.4 Å². The smallest absolute Gasteiger partial charge is 0.265 e. The van der Waals surface area contributed by atoms with Gasteiger partial charge in [0.1, 0.15) is 52.3 Å². The Morgan fingerprint density at radius 1 is 0.581 bits per heavy atom. The van der Waals surface area contributed by atoms with E-state index in [1.807, 2.05) is 0 Å². The predicted octanol–water partition coefficient (Wildman–Crippen LogP) is 3.94. The van der Waals surface area contributed by atoms with Gasteiger partial charge in [-0.15, -0.1) is 0 Å². The zero-order valence-corrected chi connectivity index (χ0v) is 16.3. The van der Waals surface area contributed by atoms with Gasteiger partial charge < -0.3 is 4.74 Å². The van der Waals surface area contributed by atoms with E-state index in [2.05, 4.69) is 0 Å². The molecule has 162 valence electrons. The predicted molar refractivity (Wildman–Crippen MR) is 99.7 cm³/mol. The van der Waals surface area contributed by atoms with E-state index in [0.717, 1.165) is 21.0 Å². The van der Waals surface area contributed by atoms with E-state index in [-0.39, 0.29) is 12.1 Å². The van der Waals surface area contributed by atoms with E-state index in [4.69, 9.17) is 4.74 Å². The molecule has 31 heavy (non-hydrogen) atoms. The van der Waals surface area contributed by atoms with Crippen LogP contribution >= 0.6 is 0 Å². The van der Waals surface area contributed by atoms with Crippen LogP contribution in [-0.4, -0.2) is 13.8 Å². The lowest BCUT2D eigenvalue weighted by molar-refractivity contribution is 0.411. The van der Waals surface area contributed by atoms with Crippen molar-refractivity contribution < 1.29 is 39.9 Å². The highest BCUT2D eigenvalue weighted by Gasteiger charge is 2.39. The maximum absolute atomic E-state index is 15.0. The van der Waals surface area contributed by atoms with Gasteiger partial charge in [0.05, 0.1) is 7.11 Å². The molecule has 0 aliphatic rings. The summed E-state index contributed by atoms with van der Waals surface area (Å²) in [5.41, 5.74) is -4.47. The van der Waals surface area contributed by atoms with Gasteiger partial charge in [0, 0.05) is 51.8 Å². The Balaban J connectivity index is 2.54. The van der Waals surface area contributed by atoms with E-state index in [1.165, 1.54) is 0 Å². The van der Waals surface area contributed by atoms with Gasteiger partial charge in [-0.3, -0.25) is 0 Å². The molecule has 3 aromatic rings. The molecule has 0 heterocycles. The molecule has 0 bridgehead atoms. The SMILES string of the molecule is COc1cc(F)cc(F)c1B(c1c(F)cc(F)c(C)c1F)c1c(F)cc(F)c(C)c1F. The number of hydrogen-bond acceptors (Lipinski definition) is 1. The summed E-state index contributed by atoms with van der Waals surface area (Å²) in [4.78, 5) is 0. The first-order chi connectivity index (χ1) is 14.5. The molecular formula is C21H13BF8O. The molecule has 0 atom stereocenters. The molecule has 3 rings (SSSR count). The molecule has 0 aliphatic heterocycles. The van der Waals surface area contributed by atoms with Crippen molar-refractivity contribution in [2.45, 2.75) is 13.8 Å². The fourth-order valence-electron chi connectivity index (χ4n) is 3.39. The number of ether oxygens (including phenoxy) is 1. The van der Waals surface area contributed by atoms with Gasteiger partial charge >= 0.3 is 0 Å². The fraction of sp³-hybridized carbons (Fsp3) is 0.143. The van der Waals surface area contributed by atoms with Crippen LogP contribution in [0.2, 0.25) is 0 Å². The Morgan fingerprint density at radius 3 is 1.42 bits per heavy atom. The summed E-state index contributed by atoms with van der Waals surface area (Å²) >= 11 is 0. The molecule has 0 saturated heterocycles. The summed E-state index contributed by atoms with van der Waals surface area (Å²) < 4.78 is 121. The van der Waals surface area contributed by atoms with Crippen LogP contribution in [0.3, 0.4) is 0 Å². The van der Waals surface area contributed by atoms with Gasteiger partial charge in [-0.1, -0.05) is 0 Å². The maximum Gasteiger partial charge on any atom is 0.265 e. The third-order valence-electron chi connectivity index (χ3n) is 5.01. The molecule has 0 aromatic heterocycles. The molecule has 0 unspecified atom stereocenters. The summed E-state index contributed by atoms with van der Waals surface area (Å²) in [6, 6.07) is 1.49. The molecule has 1 nitrogen and oxygen atoms in total. The first-order valence-corrected chi connectivity index (χ1v) is 8.80. The minimum atomic E-state index is -2.24. The zero-order valence-electron chi connectivity index (χ0n) is 16.3. The van der Waals surface area contributed by atoms with Gasteiger partial charge in [-0.05, 0) is 13.8 Å². The second kappa shape index (κ2) is 8.24. The van der Waals surface area contributed by atoms with E-state index in [0.29, 0.717) is 12.1 Å². The van der Waals surface area contributed by atoms with E-state index in [1.54, 1.807) is 0 Å². The Morgan fingerprint density at radius 2 is 1.00 bits per heavy atom. The Labute approximate surface area is 172 Å². The average molecular weight is 444 g/mol. The van der Waals surface area contributed by atoms with Crippen LogP contribution in [0.25, 0.3) is 0 Å². The van der Waals surface area contributed by atoms with Crippen molar-refractivity contribution >= 4 is 23.1 Å². The van der Waals surface area contributed by atoms with E-state index >= 15 is 0 Å². The van der Waals surface area contributed by atoms with Crippen molar-refractivity contribution in [2.75, 3.05) is 7.11 Å². The topological polar surface area (TPSA) is 9.23 Å². The van der Waals surface area contributed by atoms with Gasteiger partial charge in [0.25, 0.3) is 6.71 Å². The molecular weight excluding hydrogens is 431 g/mol. The first-order valence-electron chi connectivity index (χ1n) is 8.80. The van der Waals surface area contributed by atoms with Crippen LogP contribution in [0.15, 0.2) is 24.3 Å². The minimum Gasteiger partial charge on any atom is -0.497 e. The molecule has 10 heteroatoms. The van der Waals surface area contributed by atoms with Crippen LogP contribution in [0.1, 0.15) is 11.1 Å². The van der Waals surface area contributed by atoms with Crippen LogP contribution < -0.4 is 21.1 Å². The Bertz CT molecular complexity index is 1130. The lowest BCUT2D eigenvalue weighted by atomic mass is 9.35. The van der Waals surface area contributed by atoms with Crippen LogP contribution in [0.5, 0.6) is 5.75 Å². The fourth-order valence-corrected chi connectivity index (χ4v) is 3.39. The van der Waals surface area contributed by atoms with Crippen molar-refractivity contribution in [3.63, 3.8) is 0 Å². The summed E-state index contributed by atoms with van der Waals surface area (Å²) in [6.07, 6.45) is 0. The first kappa shape index (κ1) is 22.6. The summed E-state index contributed by atoms with van der Waals surface area (Å²) in [5.74, 6) is -12.0. The molecule has 3 aromatic carbocycles. The van der Waals surface area contributed by atoms with Gasteiger partial charge in [0.2, 0.25) is 0 Å².